The number of carbonyl (C=O) groups excluding carboxylic acids is 1. The summed E-state index contributed by atoms with van der Waals surface area (Å²) in [4.78, 5) is 17.5. The van der Waals surface area contributed by atoms with Crippen molar-refractivity contribution in [3.05, 3.63) is 30.0 Å². The van der Waals surface area contributed by atoms with Crippen LogP contribution < -0.4 is 0 Å². The zero-order valence-electron chi connectivity index (χ0n) is 13.4. The minimum atomic E-state index is 0.0127. The molecular formula is C17H22N4O2. The first kappa shape index (κ1) is 14.7. The van der Waals surface area contributed by atoms with E-state index in [0.29, 0.717) is 18.8 Å². The molecular weight excluding hydrogens is 292 g/mol. The third kappa shape index (κ3) is 2.52. The number of carbonyl (C=O) groups is 1. The fourth-order valence-electron chi connectivity index (χ4n) is 3.74. The molecule has 2 saturated heterocycles. The van der Waals surface area contributed by atoms with Crippen molar-refractivity contribution in [1.29, 1.82) is 0 Å². The van der Waals surface area contributed by atoms with Crippen molar-refractivity contribution in [3.63, 3.8) is 0 Å². The molecule has 2 aromatic rings. The molecule has 122 valence electrons. The molecule has 2 aliphatic heterocycles. The van der Waals surface area contributed by atoms with Crippen molar-refractivity contribution in [1.82, 2.24) is 20.0 Å². The second kappa shape index (κ2) is 5.94. The molecule has 1 aromatic heterocycles. The van der Waals surface area contributed by atoms with Crippen LogP contribution in [0.3, 0.4) is 0 Å². The van der Waals surface area contributed by atoms with E-state index in [9.17, 15) is 4.79 Å². The number of nitrogens with one attached hydrogen (secondary N) is 1. The maximum atomic E-state index is 13.1. The number of morpholine rings is 1. The summed E-state index contributed by atoms with van der Waals surface area (Å²) < 4.78 is 5.91. The van der Waals surface area contributed by atoms with E-state index in [-0.39, 0.29) is 18.1 Å². The minimum absolute atomic E-state index is 0.0127. The Morgan fingerprint density at radius 1 is 1.39 bits per heavy atom. The van der Waals surface area contributed by atoms with Crippen molar-refractivity contribution >= 4 is 16.8 Å². The van der Waals surface area contributed by atoms with Crippen LogP contribution in [0.4, 0.5) is 0 Å². The molecule has 0 unspecified atom stereocenters. The van der Waals surface area contributed by atoms with Gasteiger partial charge in [0.15, 0.2) is 5.69 Å². The summed E-state index contributed by atoms with van der Waals surface area (Å²) in [6, 6.07) is 7.90. The molecule has 6 nitrogen and oxygen atoms in total. The van der Waals surface area contributed by atoms with Gasteiger partial charge in [0.05, 0.1) is 24.3 Å². The lowest BCUT2D eigenvalue weighted by Gasteiger charge is -2.46. The van der Waals surface area contributed by atoms with Gasteiger partial charge in [0.2, 0.25) is 0 Å². The Morgan fingerprint density at radius 2 is 2.26 bits per heavy atom. The number of hydrogen-bond donors (Lipinski definition) is 1. The molecule has 1 N–H and O–H groups in total. The number of aromatic nitrogens is 2. The van der Waals surface area contributed by atoms with Crippen LogP contribution in [0.25, 0.3) is 10.9 Å². The molecule has 0 radical (unpaired) electrons. The highest BCUT2D eigenvalue weighted by atomic mass is 16.5. The summed E-state index contributed by atoms with van der Waals surface area (Å²) in [7, 11) is 0. The van der Waals surface area contributed by atoms with E-state index in [1.807, 2.05) is 29.2 Å². The Kier molecular flexibility index (Phi) is 3.79. The van der Waals surface area contributed by atoms with E-state index in [4.69, 9.17) is 4.74 Å². The predicted molar refractivity (Wildman–Crippen MR) is 87.4 cm³/mol. The molecule has 2 aliphatic rings. The van der Waals surface area contributed by atoms with Gasteiger partial charge in [0, 0.05) is 25.0 Å². The first-order valence-electron chi connectivity index (χ1n) is 8.36. The van der Waals surface area contributed by atoms with E-state index in [1.54, 1.807) is 0 Å². The van der Waals surface area contributed by atoms with Gasteiger partial charge in [0.1, 0.15) is 0 Å². The van der Waals surface area contributed by atoms with Crippen LogP contribution in [0.2, 0.25) is 0 Å². The molecule has 6 heteroatoms. The number of aromatic amines is 1. The second-order valence-electron chi connectivity index (χ2n) is 6.27. The van der Waals surface area contributed by atoms with Gasteiger partial charge in [-0.3, -0.25) is 9.89 Å². The molecule has 3 heterocycles. The third-order valence-electron chi connectivity index (χ3n) is 5.05. The van der Waals surface area contributed by atoms with Crippen LogP contribution in [0, 0.1) is 0 Å². The van der Waals surface area contributed by atoms with Crippen molar-refractivity contribution in [2.75, 3.05) is 32.8 Å². The summed E-state index contributed by atoms with van der Waals surface area (Å²) in [6.07, 6.45) is 1.14. The van der Waals surface area contributed by atoms with Gasteiger partial charge in [-0.25, -0.2) is 0 Å². The lowest BCUT2D eigenvalue weighted by Crippen LogP contribution is -2.61. The van der Waals surface area contributed by atoms with Gasteiger partial charge in [0.25, 0.3) is 5.91 Å². The van der Waals surface area contributed by atoms with Crippen molar-refractivity contribution in [3.8, 4) is 0 Å². The van der Waals surface area contributed by atoms with Crippen LogP contribution in [-0.4, -0.2) is 70.8 Å². The SMILES string of the molecule is CCN1CC[C@H]2OCCN(C(=O)c3n[nH]c4ccccc34)[C@H]2C1. The summed E-state index contributed by atoms with van der Waals surface area (Å²) in [5.74, 6) is 0.0127. The minimum Gasteiger partial charge on any atom is -0.374 e. The number of likely N-dealkylation sites (tertiary alicyclic amines) is 1. The quantitative estimate of drug-likeness (QED) is 0.912. The number of rotatable bonds is 2. The fraction of sp³-hybridized carbons (Fsp3) is 0.529. The van der Waals surface area contributed by atoms with Crippen molar-refractivity contribution < 1.29 is 9.53 Å². The first-order chi connectivity index (χ1) is 11.3. The first-order valence-corrected chi connectivity index (χ1v) is 8.36. The highest BCUT2D eigenvalue weighted by molar-refractivity contribution is 6.04. The third-order valence-corrected chi connectivity index (χ3v) is 5.05. The largest absolute Gasteiger partial charge is 0.374 e. The van der Waals surface area contributed by atoms with E-state index < -0.39 is 0 Å². The van der Waals surface area contributed by atoms with Gasteiger partial charge in [-0.1, -0.05) is 25.1 Å². The van der Waals surface area contributed by atoms with Crippen molar-refractivity contribution in [2.24, 2.45) is 0 Å². The van der Waals surface area contributed by atoms with Crippen LogP contribution >= 0.6 is 0 Å². The summed E-state index contributed by atoms with van der Waals surface area (Å²) in [6.45, 7) is 6.36. The molecule has 23 heavy (non-hydrogen) atoms. The number of piperidine rings is 1. The van der Waals surface area contributed by atoms with Gasteiger partial charge in [-0.15, -0.1) is 0 Å². The van der Waals surface area contributed by atoms with E-state index in [1.165, 1.54) is 0 Å². The Morgan fingerprint density at radius 3 is 3.13 bits per heavy atom. The molecule has 0 bridgehead atoms. The number of benzene rings is 1. The average molecular weight is 314 g/mol. The predicted octanol–water partition coefficient (Wildman–Crippen LogP) is 1.50. The molecule has 0 saturated carbocycles. The molecule has 0 aliphatic carbocycles. The van der Waals surface area contributed by atoms with Gasteiger partial charge in [-0.05, 0) is 19.0 Å². The highest BCUT2D eigenvalue weighted by Crippen LogP contribution is 2.26. The number of fused-ring (bicyclic) bond motifs is 2. The van der Waals surface area contributed by atoms with Gasteiger partial charge in [-0.2, -0.15) is 5.10 Å². The highest BCUT2D eigenvalue weighted by Gasteiger charge is 2.39. The maximum absolute atomic E-state index is 13.1. The van der Waals surface area contributed by atoms with E-state index in [2.05, 4.69) is 22.0 Å². The topological polar surface area (TPSA) is 61.5 Å². The summed E-state index contributed by atoms with van der Waals surface area (Å²) in [5, 5.41) is 8.13. The lowest BCUT2D eigenvalue weighted by molar-refractivity contribution is -0.0896. The molecule has 4 rings (SSSR count). The van der Waals surface area contributed by atoms with Gasteiger partial charge < -0.3 is 14.5 Å². The number of ether oxygens (including phenoxy) is 1. The number of likely N-dealkylation sites (N-methyl/N-ethyl adjacent to an activating group) is 1. The molecule has 0 spiro atoms. The molecule has 1 aromatic carbocycles. The summed E-state index contributed by atoms with van der Waals surface area (Å²) >= 11 is 0. The zero-order valence-corrected chi connectivity index (χ0v) is 13.4. The molecule has 1 amide bonds. The van der Waals surface area contributed by atoms with E-state index in [0.717, 1.165) is 37.0 Å². The van der Waals surface area contributed by atoms with Crippen LogP contribution in [0.5, 0.6) is 0 Å². The van der Waals surface area contributed by atoms with Gasteiger partial charge >= 0.3 is 0 Å². The Labute approximate surface area is 135 Å². The number of amides is 1. The normalized spacial score (nSPS) is 25.5. The standard InChI is InChI=1S/C17H22N4O2/c1-2-20-8-7-15-14(11-20)21(9-10-23-15)17(22)16-12-5-3-4-6-13(12)18-19-16/h3-6,14-15H,2,7-11H2,1H3,(H,18,19)/t14-,15+/m0/s1. The molecule has 2 fully saturated rings. The van der Waals surface area contributed by atoms with Crippen LogP contribution in [0.15, 0.2) is 24.3 Å². The van der Waals surface area contributed by atoms with Crippen molar-refractivity contribution in [2.45, 2.75) is 25.5 Å². The smallest absolute Gasteiger partial charge is 0.275 e. The lowest BCUT2D eigenvalue weighted by atomic mass is 9.98. The monoisotopic (exact) mass is 314 g/mol. The van der Waals surface area contributed by atoms with Crippen LogP contribution in [-0.2, 0) is 4.74 Å². The fourth-order valence-corrected chi connectivity index (χ4v) is 3.74. The second-order valence-corrected chi connectivity index (χ2v) is 6.27. The Hall–Kier alpha value is -1.92. The zero-order chi connectivity index (χ0) is 15.8. The maximum Gasteiger partial charge on any atom is 0.275 e. The number of H-pyrrole nitrogens is 1. The van der Waals surface area contributed by atoms with Crippen LogP contribution in [0.1, 0.15) is 23.8 Å². The number of para-hydroxylation sites is 1. The number of hydrogen-bond acceptors (Lipinski definition) is 4. The number of nitrogens with zero attached hydrogens (tertiary/aromatic N) is 3. The average Bonchev–Trinajstić information content (AvgIpc) is 3.04. The molecule has 2 atom stereocenters. The Balaban J connectivity index is 1.64. The Bertz CT molecular complexity index is 713. The van der Waals surface area contributed by atoms with E-state index >= 15 is 0 Å². The summed E-state index contributed by atoms with van der Waals surface area (Å²) in [5.41, 5.74) is 1.43.